The Morgan fingerprint density at radius 3 is 2.71 bits per heavy atom. The van der Waals surface area contributed by atoms with Gasteiger partial charge in [0.05, 0.1) is 28.3 Å². The van der Waals surface area contributed by atoms with Gasteiger partial charge in [-0.2, -0.15) is 0 Å². The van der Waals surface area contributed by atoms with Gasteiger partial charge in [0.25, 0.3) is 0 Å². The topological polar surface area (TPSA) is 71.6 Å². The maximum atomic E-state index is 11.2. The van der Waals surface area contributed by atoms with Crippen LogP contribution in [0, 0.1) is 0 Å². The largest absolute Gasteiger partial charge is 0.489 e. The van der Waals surface area contributed by atoms with Gasteiger partial charge in [-0.3, -0.25) is 0 Å². The molecule has 6 heteroatoms. The molecule has 0 unspecified atom stereocenters. The first-order valence-electron chi connectivity index (χ1n) is 6.59. The normalized spacial score (nSPS) is 11.8. The third-order valence-electron chi connectivity index (χ3n) is 2.85. The summed E-state index contributed by atoms with van der Waals surface area (Å²) in [5, 5.41) is 10.0. The quantitative estimate of drug-likeness (QED) is 0.826. The molecule has 0 saturated heterocycles. The van der Waals surface area contributed by atoms with E-state index in [4.69, 9.17) is 21.1 Å². The Hall–Kier alpha value is -1.72. The first-order chi connectivity index (χ1) is 9.79. The second-order valence-electron chi connectivity index (χ2n) is 5.62. The van der Waals surface area contributed by atoms with Gasteiger partial charge >= 0.3 is 5.97 Å². The van der Waals surface area contributed by atoms with Crippen molar-refractivity contribution in [2.24, 2.45) is 0 Å². The summed E-state index contributed by atoms with van der Waals surface area (Å²) in [6.45, 7) is 6.62. The van der Waals surface area contributed by atoms with Gasteiger partial charge in [-0.05, 0) is 32.9 Å². The number of halogens is 1. The lowest BCUT2D eigenvalue weighted by Crippen LogP contribution is -2.22. The van der Waals surface area contributed by atoms with Gasteiger partial charge in [-0.1, -0.05) is 11.6 Å². The lowest BCUT2D eigenvalue weighted by Gasteiger charge is -2.19. The van der Waals surface area contributed by atoms with Gasteiger partial charge in [0.2, 0.25) is 0 Å². The third-order valence-corrected chi connectivity index (χ3v) is 3.26. The molecular formula is C15H18ClNO4. The molecule has 2 rings (SSSR count). The van der Waals surface area contributed by atoms with E-state index in [9.17, 15) is 9.90 Å². The van der Waals surface area contributed by atoms with Crippen LogP contribution in [0.25, 0.3) is 10.9 Å². The van der Waals surface area contributed by atoms with Crippen LogP contribution >= 0.6 is 11.6 Å². The molecular weight excluding hydrogens is 294 g/mol. The molecule has 0 aliphatic heterocycles. The number of fused-ring (bicyclic) bond motifs is 1. The Kier molecular flexibility index (Phi) is 4.44. The lowest BCUT2D eigenvalue weighted by atomic mass is 10.1. The number of hydrogen-bond donors (Lipinski definition) is 2. The van der Waals surface area contributed by atoms with Crippen LogP contribution in [0.3, 0.4) is 0 Å². The lowest BCUT2D eigenvalue weighted by molar-refractivity contribution is -0.0161. The number of carboxylic acids is 1. The van der Waals surface area contributed by atoms with Crippen molar-refractivity contribution >= 4 is 28.5 Å². The third kappa shape index (κ3) is 3.68. The van der Waals surface area contributed by atoms with Crippen LogP contribution in [0.5, 0.6) is 5.75 Å². The number of nitrogens with one attached hydrogen (secondary N) is 1. The number of ether oxygens (including phenoxy) is 2. The monoisotopic (exact) mass is 311 g/mol. The molecule has 0 saturated carbocycles. The summed E-state index contributed by atoms with van der Waals surface area (Å²) in [5.41, 5.74) is 0.466. The van der Waals surface area contributed by atoms with Gasteiger partial charge in [-0.25, -0.2) is 4.79 Å². The van der Waals surface area contributed by atoms with E-state index in [1.165, 1.54) is 6.07 Å². The molecule has 1 aromatic carbocycles. The zero-order valence-electron chi connectivity index (χ0n) is 12.2. The fraction of sp³-hybridized carbons (Fsp3) is 0.400. The van der Waals surface area contributed by atoms with Crippen LogP contribution in [0.4, 0.5) is 0 Å². The Labute approximate surface area is 127 Å². The van der Waals surface area contributed by atoms with Gasteiger partial charge in [-0.15, -0.1) is 0 Å². The highest BCUT2D eigenvalue weighted by Gasteiger charge is 2.17. The van der Waals surface area contributed by atoms with Crippen LogP contribution in [-0.4, -0.2) is 34.9 Å². The number of rotatable bonds is 5. The van der Waals surface area contributed by atoms with Crippen LogP contribution < -0.4 is 4.74 Å². The molecule has 0 amide bonds. The number of H-pyrrole nitrogens is 1. The standard InChI is InChI=1S/C15H18ClNO4/c1-15(2,3)21-7-6-20-11-8-10(14(18)19)12(16)9-4-5-17-13(9)11/h4-5,8,17H,6-7H2,1-3H3,(H,18,19). The average molecular weight is 312 g/mol. The summed E-state index contributed by atoms with van der Waals surface area (Å²) in [6, 6.07) is 3.16. The van der Waals surface area contributed by atoms with E-state index in [-0.39, 0.29) is 16.2 Å². The Balaban J connectivity index is 2.21. The molecule has 0 radical (unpaired) electrons. The first-order valence-corrected chi connectivity index (χ1v) is 6.97. The fourth-order valence-corrected chi connectivity index (χ4v) is 2.23. The summed E-state index contributed by atoms with van der Waals surface area (Å²) in [6.07, 6.45) is 1.70. The highest BCUT2D eigenvalue weighted by Crippen LogP contribution is 2.34. The number of aromatic amines is 1. The van der Waals surface area contributed by atoms with Crippen molar-refractivity contribution < 1.29 is 19.4 Å². The van der Waals surface area contributed by atoms with E-state index in [2.05, 4.69) is 4.98 Å². The number of benzene rings is 1. The second-order valence-corrected chi connectivity index (χ2v) is 6.00. The van der Waals surface area contributed by atoms with Crippen molar-refractivity contribution in [2.45, 2.75) is 26.4 Å². The number of hydrogen-bond acceptors (Lipinski definition) is 3. The summed E-state index contributed by atoms with van der Waals surface area (Å²) >= 11 is 6.09. The van der Waals surface area contributed by atoms with E-state index in [1.54, 1.807) is 12.3 Å². The summed E-state index contributed by atoms with van der Waals surface area (Å²) < 4.78 is 11.2. The molecule has 2 aromatic rings. The van der Waals surface area contributed by atoms with Gasteiger partial charge in [0.1, 0.15) is 12.4 Å². The maximum Gasteiger partial charge on any atom is 0.337 e. The Bertz CT molecular complexity index is 657. The van der Waals surface area contributed by atoms with E-state index in [0.29, 0.717) is 29.9 Å². The van der Waals surface area contributed by atoms with Crippen molar-refractivity contribution in [3.05, 3.63) is 28.9 Å². The van der Waals surface area contributed by atoms with Crippen LogP contribution in [-0.2, 0) is 4.74 Å². The second kappa shape index (κ2) is 5.95. The summed E-state index contributed by atoms with van der Waals surface area (Å²) in [4.78, 5) is 14.2. The van der Waals surface area contributed by atoms with E-state index in [0.717, 1.165) is 0 Å². The summed E-state index contributed by atoms with van der Waals surface area (Å²) in [5.74, 6) is -0.631. The first kappa shape index (κ1) is 15.7. The van der Waals surface area contributed by atoms with Gasteiger partial charge in [0.15, 0.2) is 0 Å². The molecule has 21 heavy (non-hydrogen) atoms. The minimum Gasteiger partial charge on any atom is -0.489 e. The van der Waals surface area contributed by atoms with Crippen LogP contribution in [0.2, 0.25) is 5.02 Å². The molecule has 2 N–H and O–H groups in total. The molecule has 114 valence electrons. The molecule has 0 fully saturated rings. The zero-order valence-corrected chi connectivity index (χ0v) is 13.0. The van der Waals surface area contributed by atoms with E-state index < -0.39 is 5.97 Å². The van der Waals surface area contributed by atoms with Crippen LogP contribution in [0.15, 0.2) is 18.3 Å². The number of aromatic carboxylic acids is 1. The zero-order chi connectivity index (χ0) is 15.6. The smallest absolute Gasteiger partial charge is 0.337 e. The number of carbonyl (C=O) groups is 1. The molecule has 1 heterocycles. The number of aromatic nitrogens is 1. The Morgan fingerprint density at radius 1 is 1.38 bits per heavy atom. The van der Waals surface area contributed by atoms with Crippen molar-refractivity contribution in [3.8, 4) is 5.75 Å². The van der Waals surface area contributed by atoms with Crippen LogP contribution in [0.1, 0.15) is 31.1 Å². The van der Waals surface area contributed by atoms with Crippen molar-refractivity contribution in [2.75, 3.05) is 13.2 Å². The van der Waals surface area contributed by atoms with Crippen molar-refractivity contribution in [1.29, 1.82) is 0 Å². The van der Waals surface area contributed by atoms with E-state index in [1.807, 2.05) is 20.8 Å². The molecule has 0 spiro atoms. The molecule has 0 aliphatic carbocycles. The fourth-order valence-electron chi connectivity index (χ4n) is 1.94. The van der Waals surface area contributed by atoms with Gasteiger partial charge < -0.3 is 19.6 Å². The highest BCUT2D eigenvalue weighted by molar-refractivity contribution is 6.38. The molecule has 5 nitrogen and oxygen atoms in total. The van der Waals surface area contributed by atoms with E-state index >= 15 is 0 Å². The van der Waals surface area contributed by atoms with Gasteiger partial charge in [0, 0.05) is 11.6 Å². The minimum atomic E-state index is -1.08. The SMILES string of the molecule is CC(C)(C)OCCOc1cc(C(=O)O)c(Cl)c2cc[nH]c12. The van der Waals surface area contributed by atoms with Crippen molar-refractivity contribution in [1.82, 2.24) is 4.98 Å². The molecule has 1 aromatic heterocycles. The Morgan fingerprint density at radius 2 is 2.10 bits per heavy atom. The van der Waals surface area contributed by atoms with Crippen molar-refractivity contribution in [3.63, 3.8) is 0 Å². The highest BCUT2D eigenvalue weighted by atomic mass is 35.5. The average Bonchev–Trinajstić information content (AvgIpc) is 2.85. The molecule has 0 bridgehead atoms. The predicted molar refractivity (Wildman–Crippen MR) is 81.5 cm³/mol. The maximum absolute atomic E-state index is 11.2. The molecule has 0 atom stereocenters. The molecule has 0 aliphatic rings. The summed E-state index contributed by atoms with van der Waals surface area (Å²) in [7, 11) is 0. The number of carboxylic acid groups (broad SMARTS) is 1. The minimum absolute atomic E-state index is 0.0236. The predicted octanol–water partition coefficient (Wildman–Crippen LogP) is 3.71.